The minimum atomic E-state index is -0.108. The van der Waals surface area contributed by atoms with E-state index in [2.05, 4.69) is 15.0 Å². The highest BCUT2D eigenvalue weighted by molar-refractivity contribution is 7.98. The molecule has 0 radical (unpaired) electrons. The molecule has 5 nitrogen and oxygen atoms in total. The number of aromatic hydroxyl groups is 2. The molecule has 0 amide bonds. The molecule has 19 heavy (non-hydrogen) atoms. The molecule has 3 aromatic rings. The van der Waals surface area contributed by atoms with E-state index in [1.54, 1.807) is 24.5 Å². The predicted molar refractivity (Wildman–Crippen MR) is 73.2 cm³/mol. The van der Waals surface area contributed by atoms with Crippen molar-refractivity contribution in [1.29, 1.82) is 0 Å². The first-order chi connectivity index (χ1) is 9.22. The Morgan fingerprint density at radius 1 is 1.16 bits per heavy atom. The maximum Gasteiger partial charge on any atom is 0.166 e. The van der Waals surface area contributed by atoms with Crippen LogP contribution in [0, 0.1) is 0 Å². The number of rotatable bonds is 3. The second-order valence-corrected chi connectivity index (χ2v) is 5.01. The SMILES string of the molecule is Oc1ccc(CSc2nc3ccncc3[nH]2)cc1O. The van der Waals surface area contributed by atoms with E-state index in [4.69, 9.17) is 0 Å². The monoisotopic (exact) mass is 273 g/mol. The van der Waals surface area contributed by atoms with Crippen LogP contribution in [0.1, 0.15) is 5.56 Å². The van der Waals surface area contributed by atoms with Gasteiger partial charge < -0.3 is 15.2 Å². The first-order valence-corrected chi connectivity index (χ1v) is 6.64. The number of H-pyrrole nitrogens is 1. The Morgan fingerprint density at radius 3 is 2.84 bits per heavy atom. The lowest BCUT2D eigenvalue weighted by Crippen LogP contribution is -1.82. The van der Waals surface area contributed by atoms with E-state index >= 15 is 0 Å². The Bertz CT molecular complexity index is 694. The Balaban J connectivity index is 1.76. The molecule has 0 atom stereocenters. The Kier molecular flexibility index (Phi) is 3.00. The minimum Gasteiger partial charge on any atom is -0.504 e. The van der Waals surface area contributed by atoms with E-state index in [1.807, 2.05) is 6.07 Å². The van der Waals surface area contributed by atoms with Gasteiger partial charge in [-0.25, -0.2) is 4.98 Å². The van der Waals surface area contributed by atoms with Crippen LogP contribution in [-0.4, -0.2) is 25.2 Å². The van der Waals surface area contributed by atoms with E-state index in [0.717, 1.165) is 21.8 Å². The van der Waals surface area contributed by atoms with Crippen molar-refractivity contribution in [2.24, 2.45) is 0 Å². The van der Waals surface area contributed by atoms with Gasteiger partial charge in [0.05, 0.1) is 17.2 Å². The normalized spacial score (nSPS) is 10.9. The summed E-state index contributed by atoms with van der Waals surface area (Å²) in [6.07, 6.45) is 3.44. The van der Waals surface area contributed by atoms with Gasteiger partial charge in [0.15, 0.2) is 16.7 Å². The fraction of sp³-hybridized carbons (Fsp3) is 0.0769. The average molecular weight is 273 g/mol. The number of thioether (sulfide) groups is 1. The Hall–Kier alpha value is -2.21. The molecular weight excluding hydrogens is 262 g/mol. The highest BCUT2D eigenvalue weighted by Gasteiger charge is 2.05. The van der Waals surface area contributed by atoms with E-state index in [1.165, 1.54) is 17.8 Å². The van der Waals surface area contributed by atoms with Crippen LogP contribution < -0.4 is 0 Å². The number of phenols is 2. The number of hydrogen-bond acceptors (Lipinski definition) is 5. The highest BCUT2D eigenvalue weighted by Crippen LogP contribution is 2.28. The van der Waals surface area contributed by atoms with Crippen LogP contribution in [0.3, 0.4) is 0 Å². The molecule has 0 aliphatic carbocycles. The van der Waals surface area contributed by atoms with E-state index in [-0.39, 0.29) is 11.5 Å². The van der Waals surface area contributed by atoms with Crippen LogP contribution in [0.2, 0.25) is 0 Å². The maximum absolute atomic E-state index is 9.42. The fourth-order valence-electron chi connectivity index (χ4n) is 1.71. The van der Waals surface area contributed by atoms with Gasteiger partial charge in [-0.2, -0.15) is 0 Å². The number of phenolic OH excluding ortho intramolecular Hbond substituents is 2. The molecule has 1 aromatic carbocycles. The van der Waals surface area contributed by atoms with E-state index in [9.17, 15) is 10.2 Å². The zero-order valence-corrected chi connectivity index (χ0v) is 10.7. The number of imidazole rings is 1. The van der Waals surface area contributed by atoms with Crippen molar-refractivity contribution >= 4 is 22.8 Å². The summed E-state index contributed by atoms with van der Waals surface area (Å²) < 4.78 is 0. The standard InChI is InChI=1S/C13H11N3O2S/c17-11-2-1-8(5-12(11)18)7-19-13-15-9-3-4-14-6-10(9)16-13/h1-6,17-18H,7H2,(H,15,16). The first-order valence-electron chi connectivity index (χ1n) is 5.66. The van der Waals surface area contributed by atoms with Crippen LogP contribution in [-0.2, 0) is 5.75 Å². The van der Waals surface area contributed by atoms with Gasteiger partial charge in [0.2, 0.25) is 0 Å². The van der Waals surface area contributed by atoms with Crippen LogP contribution in [0.15, 0.2) is 41.8 Å². The third-order valence-electron chi connectivity index (χ3n) is 2.68. The van der Waals surface area contributed by atoms with Crippen molar-refractivity contribution in [2.75, 3.05) is 0 Å². The van der Waals surface area contributed by atoms with Crippen molar-refractivity contribution in [3.63, 3.8) is 0 Å². The van der Waals surface area contributed by atoms with Gasteiger partial charge in [-0.1, -0.05) is 17.8 Å². The zero-order valence-electron chi connectivity index (χ0n) is 9.87. The van der Waals surface area contributed by atoms with E-state index < -0.39 is 0 Å². The molecule has 2 heterocycles. The number of nitrogens with one attached hydrogen (secondary N) is 1. The number of aromatic amines is 1. The number of nitrogens with zero attached hydrogens (tertiary/aromatic N) is 2. The highest BCUT2D eigenvalue weighted by atomic mass is 32.2. The third kappa shape index (κ3) is 2.48. The van der Waals surface area contributed by atoms with Crippen molar-refractivity contribution in [3.05, 3.63) is 42.2 Å². The summed E-state index contributed by atoms with van der Waals surface area (Å²) in [5, 5.41) is 19.5. The Morgan fingerprint density at radius 2 is 2.05 bits per heavy atom. The molecule has 6 heteroatoms. The van der Waals surface area contributed by atoms with Gasteiger partial charge in [0.25, 0.3) is 0 Å². The van der Waals surface area contributed by atoms with Crippen molar-refractivity contribution in [1.82, 2.24) is 15.0 Å². The summed E-state index contributed by atoms with van der Waals surface area (Å²) in [5.74, 6) is 0.441. The van der Waals surface area contributed by atoms with Gasteiger partial charge in [-0.15, -0.1) is 0 Å². The lowest BCUT2D eigenvalue weighted by atomic mass is 10.2. The van der Waals surface area contributed by atoms with Crippen molar-refractivity contribution in [3.8, 4) is 11.5 Å². The minimum absolute atomic E-state index is 0.105. The van der Waals surface area contributed by atoms with Crippen molar-refractivity contribution < 1.29 is 10.2 Å². The molecule has 3 rings (SSSR count). The summed E-state index contributed by atoms with van der Waals surface area (Å²) in [6.45, 7) is 0. The Labute approximate surface area is 113 Å². The molecule has 0 aliphatic rings. The molecule has 2 aromatic heterocycles. The molecule has 0 unspecified atom stereocenters. The van der Waals surface area contributed by atoms with Gasteiger partial charge in [0.1, 0.15) is 0 Å². The lowest BCUT2D eigenvalue weighted by molar-refractivity contribution is 0.403. The fourth-order valence-corrected chi connectivity index (χ4v) is 2.54. The molecule has 0 bridgehead atoms. The second-order valence-electron chi connectivity index (χ2n) is 4.05. The van der Waals surface area contributed by atoms with Crippen LogP contribution >= 0.6 is 11.8 Å². The number of hydrogen-bond donors (Lipinski definition) is 3. The first kappa shape index (κ1) is 11.9. The third-order valence-corrected chi connectivity index (χ3v) is 3.62. The summed E-state index contributed by atoms with van der Waals surface area (Å²) >= 11 is 1.53. The summed E-state index contributed by atoms with van der Waals surface area (Å²) in [5.41, 5.74) is 2.70. The molecule has 0 fully saturated rings. The maximum atomic E-state index is 9.42. The quantitative estimate of drug-likeness (QED) is 0.505. The summed E-state index contributed by atoms with van der Waals surface area (Å²) in [7, 11) is 0. The van der Waals surface area contributed by atoms with Crippen LogP contribution in [0.25, 0.3) is 11.0 Å². The largest absolute Gasteiger partial charge is 0.504 e. The van der Waals surface area contributed by atoms with Crippen molar-refractivity contribution in [2.45, 2.75) is 10.9 Å². The number of fused-ring (bicyclic) bond motifs is 1. The van der Waals surface area contributed by atoms with Crippen LogP contribution in [0.4, 0.5) is 0 Å². The molecule has 3 N–H and O–H groups in total. The molecule has 96 valence electrons. The van der Waals surface area contributed by atoms with Crippen LogP contribution in [0.5, 0.6) is 11.5 Å². The van der Waals surface area contributed by atoms with E-state index in [0.29, 0.717) is 5.75 Å². The topological polar surface area (TPSA) is 82.0 Å². The summed E-state index contributed by atoms with van der Waals surface area (Å²) in [4.78, 5) is 11.6. The molecular formula is C13H11N3O2S. The molecule has 0 saturated carbocycles. The molecule has 0 saturated heterocycles. The second kappa shape index (κ2) is 4.81. The number of pyridine rings is 1. The predicted octanol–water partition coefficient (Wildman–Crippen LogP) is 2.66. The molecule has 0 spiro atoms. The van der Waals surface area contributed by atoms with Gasteiger partial charge in [-0.3, -0.25) is 4.98 Å². The van der Waals surface area contributed by atoms with Gasteiger partial charge >= 0.3 is 0 Å². The lowest BCUT2D eigenvalue weighted by Gasteiger charge is -2.01. The smallest absolute Gasteiger partial charge is 0.166 e. The average Bonchev–Trinajstić information content (AvgIpc) is 2.83. The number of benzene rings is 1. The molecule has 0 aliphatic heterocycles. The van der Waals surface area contributed by atoms with Gasteiger partial charge in [-0.05, 0) is 23.8 Å². The summed E-state index contributed by atoms with van der Waals surface area (Å²) in [6, 6.07) is 6.65. The zero-order chi connectivity index (χ0) is 13.2. The number of aromatic nitrogens is 3. The van der Waals surface area contributed by atoms with Gasteiger partial charge in [0, 0.05) is 11.9 Å².